The summed E-state index contributed by atoms with van der Waals surface area (Å²) in [7, 11) is 5.03. The van der Waals surface area contributed by atoms with Gasteiger partial charge in [0.15, 0.2) is 0 Å². The maximum Gasteiger partial charge on any atom is 0.257 e. The molecule has 0 bridgehead atoms. The average Bonchev–Trinajstić information content (AvgIpc) is 2.77. The van der Waals surface area contributed by atoms with Gasteiger partial charge in [-0.25, -0.2) is 0 Å². The molecular weight excluding hydrogens is 412 g/mol. The van der Waals surface area contributed by atoms with Gasteiger partial charge in [0.05, 0.1) is 6.61 Å². The monoisotopic (exact) mass is 440 g/mol. The first-order valence-corrected chi connectivity index (χ1v) is 9.89. The van der Waals surface area contributed by atoms with Crippen molar-refractivity contribution in [2.45, 2.75) is 13.0 Å². The number of aliphatic hydroxyl groups is 1. The Morgan fingerprint density at radius 3 is 2.34 bits per heavy atom. The van der Waals surface area contributed by atoms with E-state index in [1.165, 1.54) is 29.3 Å². The number of amidine groups is 1. The van der Waals surface area contributed by atoms with Crippen LogP contribution < -0.4 is 20.1 Å². The fourth-order valence-corrected chi connectivity index (χ4v) is 2.56. The summed E-state index contributed by atoms with van der Waals surface area (Å²) in [5.74, 6) is 0.368. The Labute approximate surface area is 187 Å². The van der Waals surface area contributed by atoms with Crippen molar-refractivity contribution in [3.05, 3.63) is 65.9 Å². The molecule has 32 heavy (non-hydrogen) atoms. The van der Waals surface area contributed by atoms with E-state index in [0.29, 0.717) is 22.8 Å². The number of rotatable bonds is 9. The molecule has 1 atom stereocenters. The second-order valence-corrected chi connectivity index (χ2v) is 7.12. The second-order valence-electron chi connectivity index (χ2n) is 7.12. The largest absolute Gasteiger partial charge is 0.488 e. The Morgan fingerprint density at radius 1 is 1.09 bits per heavy atom. The number of hydrogen-bond acceptors (Lipinski definition) is 7. The van der Waals surface area contributed by atoms with Gasteiger partial charge < -0.3 is 30.1 Å². The van der Waals surface area contributed by atoms with Gasteiger partial charge in [-0.1, -0.05) is 0 Å². The van der Waals surface area contributed by atoms with Gasteiger partial charge in [0.2, 0.25) is 0 Å². The molecule has 4 N–H and O–H groups in total. The van der Waals surface area contributed by atoms with E-state index in [1.807, 2.05) is 0 Å². The quantitative estimate of drug-likeness (QED) is 0.351. The third kappa shape index (κ3) is 7.13. The molecular formula is C23H28N4O5. The van der Waals surface area contributed by atoms with Crippen LogP contribution in [0.2, 0.25) is 0 Å². The molecule has 0 unspecified atom stereocenters. The van der Waals surface area contributed by atoms with Gasteiger partial charge >= 0.3 is 0 Å². The lowest BCUT2D eigenvalue weighted by atomic mass is 10.1. The van der Waals surface area contributed by atoms with Crippen molar-refractivity contribution >= 4 is 17.6 Å². The molecule has 0 saturated heterocycles. The Balaban J connectivity index is 2.28. The lowest BCUT2D eigenvalue weighted by Gasteiger charge is -2.15. The summed E-state index contributed by atoms with van der Waals surface area (Å²) in [5, 5.41) is 22.3. The number of amides is 2. The predicted octanol–water partition coefficient (Wildman–Crippen LogP) is 2.38. The summed E-state index contributed by atoms with van der Waals surface area (Å²) >= 11 is 0. The summed E-state index contributed by atoms with van der Waals surface area (Å²) in [5.41, 5.74) is 0.731. The average molecular weight is 441 g/mol. The van der Waals surface area contributed by atoms with Crippen molar-refractivity contribution in [1.82, 2.24) is 15.5 Å². The van der Waals surface area contributed by atoms with Crippen molar-refractivity contribution < 1.29 is 24.2 Å². The van der Waals surface area contributed by atoms with Crippen molar-refractivity contribution in [3.63, 3.8) is 0 Å². The van der Waals surface area contributed by atoms with Gasteiger partial charge in [-0.3, -0.25) is 15.0 Å². The van der Waals surface area contributed by atoms with Crippen LogP contribution in [0.5, 0.6) is 17.2 Å². The van der Waals surface area contributed by atoms with Gasteiger partial charge in [0.25, 0.3) is 11.8 Å². The standard InChI is InChI=1S/C23H28N4O5/c1-15(14-28)31-19-11-17(22(29)26-21(24)9-10-25-2)12-20(13-19)32-18-7-5-16(6-8-18)23(30)27(3)4/h5-13,15,25,28H,14H2,1-4H3,(H2,24,26,29)/b10-9-/t15-/m0/s1. The number of nitrogens with zero attached hydrogens (tertiary/aromatic N) is 1. The molecule has 0 radical (unpaired) electrons. The van der Waals surface area contributed by atoms with Gasteiger partial charge in [-0.15, -0.1) is 0 Å². The third-order valence-electron chi connectivity index (χ3n) is 4.14. The van der Waals surface area contributed by atoms with E-state index in [9.17, 15) is 14.7 Å². The molecule has 0 spiro atoms. The topological polar surface area (TPSA) is 124 Å². The van der Waals surface area contributed by atoms with Crippen LogP contribution >= 0.6 is 0 Å². The van der Waals surface area contributed by atoms with Gasteiger partial charge in [-0.05, 0) is 55.6 Å². The fourth-order valence-electron chi connectivity index (χ4n) is 2.56. The maximum atomic E-state index is 12.6. The minimum Gasteiger partial charge on any atom is -0.488 e. The molecule has 0 aliphatic rings. The van der Waals surface area contributed by atoms with Crippen molar-refractivity contribution in [2.24, 2.45) is 0 Å². The zero-order valence-corrected chi connectivity index (χ0v) is 18.5. The van der Waals surface area contributed by atoms with Gasteiger partial charge in [0, 0.05) is 38.3 Å². The summed E-state index contributed by atoms with van der Waals surface area (Å²) < 4.78 is 11.5. The Hall–Kier alpha value is -3.85. The van der Waals surface area contributed by atoms with Gasteiger partial charge in [-0.2, -0.15) is 0 Å². The maximum absolute atomic E-state index is 12.6. The molecule has 0 aliphatic heterocycles. The van der Waals surface area contributed by atoms with E-state index in [0.717, 1.165) is 0 Å². The minimum absolute atomic E-state index is 0.0944. The van der Waals surface area contributed by atoms with Crippen LogP contribution in [0.4, 0.5) is 0 Å². The second kappa shape index (κ2) is 11.5. The normalized spacial score (nSPS) is 11.5. The third-order valence-corrected chi connectivity index (χ3v) is 4.14. The molecule has 170 valence electrons. The predicted molar refractivity (Wildman–Crippen MR) is 122 cm³/mol. The lowest BCUT2D eigenvalue weighted by molar-refractivity contribution is 0.0827. The smallest absolute Gasteiger partial charge is 0.257 e. The molecule has 9 heteroatoms. The highest BCUT2D eigenvalue weighted by Crippen LogP contribution is 2.28. The number of nitrogens with one attached hydrogen (secondary N) is 3. The molecule has 2 amide bonds. The first-order valence-electron chi connectivity index (χ1n) is 9.89. The van der Waals surface area contributed by atoms with E-state index < -0.39 is 12.0 Å². The summed E-state index contributed by atoms with van der Waals surface area (Å²) in [6, 6.07) is 11.2. The first-order chi connectivity index (χ1) is 15.2. The first kappa shape index (κ1) is 24.4. The molecule has 0 fully saturated rings. The van der Waals surface area contributed by atoms with Crippen LogP contribution in [-0.2, 0) is 0 Å². The van der Waals surface area contributed by atoms with E-state index in [2.05, 4.69) is 10.6 Å². The number of benzene rings is 2. The number of carbonyl (C=O) groups is 2. The van der Waals surface area contributed by atoms with Crippen molar-refractivity contribution in [2.75, 3.05) is 27.7 Å². The number of aliphatic hydroxyl groups excluding tert-OH is 1. The van der Waals surface area contributed by atoms with Crippen molar-refractivity contribution in [3.8, 4) is 17.2 Å². The van der Waals surface area contributed by atoms with E-state index >= 15 is 0 Å². The van der Waals surface area contributed by atoms with E-state index in [1.54, 1.807) is 58.4 Å². The van der Waals surface area contributed by atoms with Crippen LogP contribution in [-0.4, -0.2) is 61.5 Å². The molecule has 2 aromatic carbocycles. The Morgan fingerprint density at radius 2 is 1.75 bits per heavy atom. The molecule has 0 heterocycles. The van der Waals surface area contributed by atoms with Crippen LogP contribution in [0, 0.1) is 5.41 Å². The van der Waals surface area contributed by atoms with Gasteiger partial charge in [0.1, 0.15) is 29.2 Å². The number of carbonyl (C=O) groups excluding carboxylic acids is 2. The molecule has 2 aromatic rings. The van der Waals surface area contributed by atoms with Crippen LogP contribution in [0.1, 0.15) is 27.6 Å². The van der Waals surface area contributed by atoms with Crippen LogP contribution in [0.3, 0.4) is 0 Å². The molecule has 0 aliphatic carbocycles. The summed E-state index contributed by atoms with van der Waals surface area (Å²) in [4.78, 5) is 26.1. The summed E-state index contributed by atoms with van der Waals surface area (Å²) in [6.07, 6.45) is 2.43. The van der Waals surface area contributed by atoms with Crippen molar-refractivity contribution in [1.29, 1.82) is 5.41 Å². The zero-order chi connectivity index (χ0) is 23.7. The highest BCUT2D eigenvalue weighted by Gasteiger charge is 2.14. The Kier molecular flexibility index (Phi) is 8.79. The number of ether oxygens (including phenoxy) is 2. The minimum atomic E-state index is -0.519. The Bertz CT molecular complexity index is 986. The lowest BCUT2D eigenvalue weighted by Crippen LogP contribution is -2.28. The zero-order valence-electron chi connectivity index (χ0n) is 18.5. The fraction of sp³-hybridized carbons (Fsp3) is 0.261. The molecule has 9 nitrogen and oxygen atoms in total. The van der Waals surface area contributed by atoms with Crippen LogP contribution in [0.25, 0.3) is 0 Å². The SMILES string of the molecule is CN/C=C\C(=N)NC(=O)c1cc(Oc2ccc(C(=O)N(C)C)cc2)cc(O[C@@H](C)CO)c1. The highest BCUT2D eigenvalue weighted by atomic mass is 16.5. The number of hydrogen-bond donors (Lipinski definition) is 4. The van der Waals surface area contributed by atoms with E-state index in [-0.39, 0.29) is 23.9 Å². The summed E-state index contributed by atoms with van der Waals surface area (Å²) in [6.45, 7) is 1.49. The van der Waals surface area contributed by atoms with Crippen LogP contribution in [0.15, 0.2) is 54.7 Å². The highest BCUT2D eigenvalue weighted by molar-refractivity contribution is 6.09. The molecule has 0 saturated carbocycles. The van der Waals surface area contributed by atoms with E-state index in [4.69, 9.17) is 14.9 Å². The molecule has 0 aromatic heterocycles. The molecule has 2 rings (SSSR count).